The van der Waals surface area contributed by atoms with Gasteiger partial charge in [-0.15, -0.1) is 0 Å². The lowest BCUT2D eigenvalue weighted by Gasteiger charge is -2.30. The molecule has 0 spiro atoms. The van der Waals surface area contributed by atoms with Crippen LogP contribution < -0.4 is 11.1 Å². The molecular formula is C16H30N4O2. The van der Waals surface area contributed by atoms with Gasteiger partial charge in [0.25, 0.3) is 5.91 Å². The van der Waals surface area contributed by atoms with Gasteiger partial charge in [0.1, 0.15) is 6.26 Å². The number of hydrogen-bond acceptors (Lipinski definition) is 5. The van der Waals surface area contributed by atoms with Crippen molar-refractivity contribution < 1.29 is 9.21 Å². The Morgan fingerprint density at radius 3 is 2.55 bits per heavy atom. The Balaban J connectivity index is 2.49. The molecule has 0 bridgehead atoms. The minimum Gasteiger partial charge on any atom is -0.446 e. The van der Waals surface area contributed by atoms with Crippen molar-refractivity contribution in [3.8, 4) is 0 Å². The number of nitrogens with one attached hydrogen (secondary N) is 1. The summed E-state index contributed by atoms with van der Waals surface area (Å²) in [7, 11) is 0. The van der Waals surface area contributed by atoms with Gasteiger partial charge in [-0.05, 0) is 34.1 Å². The SMILES string of the molecule is CCCC(N)c1nc(C(=O)NCCN(C(C)C)C(C)C)co1. The molecule has 126 valence electrons. The first kappa shape index (κ1) is 18.6. The highest BCUT2D eigenvalue weighted by Gasteiger charge is 2.17. The molecule has 0 radical (unpaired) electrons. The smallest absolute Gasteiger partial charge is 0.273 e. The summed E-state index contributed by atoms with van der Waals surface area (Å²) in [5.74, 6) is 0.212. The second-order valence-electron chi connectivity index (χ2n) is 6.15. The van der Waals surface area contributed by atoms with Crippen molar-refractivity contribution in [2.24, 2.45) is 5.73 Å². The monoisotopic (exact) mass is 310 g/mol. The zero-order valence-corrected chi connectivity index (χ0v) is 14.4. The Labute approximate surface area is 133 Å². The molecule has 1 amide bonds. The van der Waals surface area contributed by atoms with Crippen LogP contribution in [0.25, 0.3) is 0 Å². The van der Waals surface area contributed by atoms with Crippen LogP contribution in [0.4, 0.5) is 0 Å². The molecule has 1 aromatic heterocycles. The Hall–Kier alpha value is -1.40. The fraction of sp³-hybridized carbons (Fsp3) is 0.750. The first-order valence-electron chi connectivity index (χ1n) is 8.11. The van der Waals surface area contributed by atoms with Crippen LogP contribution in [0.1, 0.15) is 69.9 Å². The predicted molar refractivity (Wildman–Crippen MR) is 87.7 cm³/mol. The summed E-state index contributed by atoms with van der Waals surface area (Å²) < 4.78 is 5.30. The zero-order chi connectivity index (χ0) is 16.7. The first-order chi connectivity index (χ1) is 10.4. The fourth-order valence-electron chi connectivity index (χ4n) is 2.50. The van der Waals surface area contributed by atoms with Crippen molar-refractivity contribution in [2.75, 3.05) is 13.1 Å². The summed E-state index contributed by atoms with van der Waals surface area (Å²) in [6.07, 6.45) is 3.12. The summed E-state index contributed by atoms with van der Waals surface area (Å²) in [5.41, 5.74) is 6.22. The number of oxazole rings is 1. The van der Waals surface area contributed by atoms with E-state index in [1.54, 1.807) is 0 Å². The second kappa shape index (κ2) is 8.90. The Morgan fingerprint density at radius 2 is 2.00 bits per heavy atom. The Bertz CT molecular complexity index is 449. The molecule has 0 aliphatic rings. The highest BCUT2D eigenvalue weighted by atomic mass is 16.3. The number of carbonyl (C=O) groups excluding carboxylic acids is 1. The normalized spacial score (nSPS) is 13.1. The molecule has 1 unspecified atom stereocenters. The number of nitrogens with two attached hydrogens (primary N) is 1. The maximum absolute atomic E-state index is 12.1. The van der Waals surface area contributed by atoms with Crippen molar-refractivity contribution in [1.29, 1.82) is 0 Å². The number of rotatable bonds is 9. The molecule has 3 N–H and O–H groups in total. The maximum Gasteiger partial charge on any atom is 0.273 e. The van der Waals surface area contributed by atoms with Gasteiger partial charge in [0.05, 0.1) is 6.04 Å². The van der Waals surface area contributed by atoms with Crippen molar-refractivity contribution in [3.63, 3.8) is 0 Å². The van der Waals surface area contributed by atoms with Gasteiger partial charge in [0.2, 0.25) is 5.89 Å². The van der Waals surface area contributed by atoms with Gasteiger partial charge in [-0.3, -0.25) is 9.69 Å². The standard InChI is InChI=1S/C16H30N4O2/c1-6-7-13(17)16-19-14(10-22-16)15(21)18-8-9-20(11(2)3)12(4)5/h10-13H,6-9,17H2,1-5H3,(H,18,21). The van der Waals surface area contributed by atoms with E-state index in [1.807, 2.05) is 6.92 Å². The molecule has 0 aliphatic heterocycles. The molecule has 1 heterocycles. The van der Waals surface area contributed by atoms with Crippen LogP contribution in [0.3, 0.4) is 0 Å². The zero-order valence-electron chi connectivity index (χ0n) is 14.4. The van der Waals surface area contributed by atoms with E-state index in [0.29, 0.717) is 30.2 Å². The summed E-state index contributed by atoms with van der Waals surface area (Å²) >= 11 is 0. The van der Waals surface area contributed by atoms with Crippen molar-refractivity contribution in [3.05, 3.63) is 17.8 Å². The van der Waals surface area contributed by atoms with E-state index in [-0.39, 0.29) is 11.9 Å². The van der Waals surface area contributed by atoms with Gasteiger partial charge in [-0.2, -0.15) is 0 Å². The molecule has 22 heavy (non-hydrogen) atoms. The van der Waals surface area contributed by atoms with Crippen LogP contribution in [-0.4, -0.2) is 41.0 Å². The van der Waals surface area contributed by atoms with Gasteiger partial charge < -0.3 is 15.5 Å². The van der Waals surface area contributed by atoms with Gasteiger partial charge in [-0.25, -0.2) is 4.98 Å². The Kier molecular flexibility index (Phi) is 7.55. The number of aromatic nitrogens is 1. The minimum atomic E-state index is -0.246. The Morgan fingerprint density at radius 1 is 1.36 bits per heavy atom. The molecule has 1 atom stereocenters. The number of nitrogens with zero attached hydrogens (tertiary/aromatic N) is 2. The van der Waals surface area contributed by atoms with E-state index in [0.717, 1.165) is 19.4 Å². The summed E-state index contributed by atoms with van der Waals surface area (Å²) in [5, 5.41) is 2.88. The van der Waals surface area contributed by atoms with Crippen molar-refractivity contribution in [2.45, 2.75) is 65.6 Å². The predicted octanol–water partition coefficient (Wildman–Crippen LogP) is 2.32. The van der Waals surface area contributed by atoms with Crippen LogP contribution >= 0.6 is 0 Å². The first-order valence-corrected chi connectivity index (χ1v) is 8.11. The third kappa shape index (κ3) is 5.42. The van der Waals surface area contributed by atoms with Crippen molar-refractivity contribution >= 4 is 5.91 Å². The van der Waals surface area contributed by atoms with E-state index >= 15 is 0 Å². The van der Waals surface area contributed by atoms with Crippen LogP contribution in [0.2, 0.25) is 0 Å². The highest BCUT2D eigenvalue weighted by Crippen LogP contribution is 2.14. The van der Waals surface area contributed by atoms with Gasteiger partial charge in [0.15, 0.2) is 5.69 Å². The average molecular weight is 310 g/mol. The highest BCUT2D eigenvalue weighted by molar-refractivity contribution is 5.91. The number of carbonyl (C=O) groups is 1. The van der Waals surface area contributed by atoms with E-state index in [1.165, 1.54) is 6.26 Å². The summed E-state index contributed by atoms with van der Waals surface area (Å²) in [6, 6.07) is 0.647. The van der Waals surface area contributed by atoms with Gasteiger partial charge in [0, 0.05) is 25.2 Å². The van der Waals surface area contributed by atoms with Crippen LogP contribution in [0.15, 0.2) is 10.7 Å². The lowest BCUT2D eigenvalue weighted by Crippen LogP contribution is -2.42. The van der Waals surface area contributed by atoms with Crippen LogP contribution in [0.5, 0.6) is 0 Å². The third-order valence-corrected chi connectivity index (χ3v) is 3.65. The van der Waals surface area contributed by atoms with Gasteiger partial charge >= 0.3 is 0 Å². The number of amides is 1. The molecule has 0 aromatic carbocycles. The molecule has 0 fully saturated rings. The molecule has 0 saturated heterocycles. The largest absolute Gasteiger partial charge is 0.446 e. The molecule has 1 aromatic rings. The third-order valence-electron chi connectivity index (χ3n) is 3.65. The topological polar surface area (TPSA) is 84.4 Å². The van der Waals surface area contributed by atoms with E-state index in [9.17, 15) is 4.79 Å². The molecular weight excluding hydrogens is 280 g/mol. The quantitative estimate of drug-likeness (QED) is 0.731. The number of hydrogen-bond donors (Lipinski definition) is 2. The van der Waals surface area contributed by atoms with E-state index < -0.39 is 0 Å². The van der Waals surface area contributed by atoms with Crippen LogP contribution in [0, 0.1) is 0 Å². The maximum atomic E-state index is 12.1. The molecule has 0 aliphatic carbocycles. The molecule has 0 saturated carbocycles. The van der Waals surface area contributed by atoms with Gasteiger partial charge in [-0.1, -0.05) is 13.3 Å². The lowest BCUT2D eigenvalue weighted by atomic mass is 10.2. The fourth-order valence-corrected chi connectivity index (χ4v) is 2.50. The van der Waals surface area contributed by atoms with Crippen molar-refractivity contribution in [1.82, 2.24) is 15.2 Å². The molecule has 6 nitrogen and oxygen atoms in total. The minimum absolute atomic E-state index is 0.217. The molecule has 6 heteroatoms. The lowest BCUT2D eigenvalue weighted by molar-refractivity contribution is 0.0934. The average Bonchev–Trinajstić information content (AvgIpc) is 2.92. The summed E-state index contributed by atoms with van der Waals surface area (Å²) in [4.78, 5) is 18.6. The molecule has 1 rings (SSSR count). The summed E-state index contributed by atoms with van der Waals surface area (Å²) in [6.45, 7) is 12.1. The van der Waals surface area contributed by atoms with E-state index in [2.05, 4.69) is 42.9 Å². The van der Waals surface area contributed by atoms with Crippen LogP contribution in [-0.2, 0) is 0 Å². The van der Waals surface area contributed by atoms with E-state index in [4.69, 9.17) is 10.2 Å². The second-order valence-corrected chi connectivity index (χ2v) is 6.15.